The van der Waals surface area contributed by atoms with Crippen LogP contribution >= 0.6 is 23.1 Å². The fraction of sp³-hybridized carbons (Fsp3) is 0.130. The van der Waals surface area contributed by atoms with Crippen LogP contribution in [-0.2, 0) is 11.3 Å². The van der Waals surface area contributed by atoms with Gasteiger partial charge in [0.25, 0.3) is 0 Å². The number of nitrogens with one attached hydrogen (secondary N) is 1. The molecule has 33 heavy (non-hydrogen) atoms. The number of benzene rings is 2. The highest BCUT2D eigenvalue weighted by molar-refractivity contribution is 7.99. The Hall–Kier alpha value is -3.50. The minimum atomic E-state index is -0.308. The minimum Gasteiger partial charge on any atom is -0.496 e. The second kappa shape index (κ2) is 10.4. The first-order valence-corrected chi connectivity index (χ1v) is 11.8. The Morgan fingerprint density at radius 1 is 1.24 bits per heavy atom. The highest BCUT2D eigenvalue weighted by Gasteiger charge is 2.18. The monoisotopic (exact) mass is 481 g/mol. The summed E-state index contributed by atoms with van der Waals surface area (Å²) in [5.74, 6) is 0.932. The standard InChI is InChI=1S/C23H20FN5O2S2/c1-3-12-29-21(17-6-4-5-7-19(17)31-2)27-28-23(29)33-14-20(30)26-22-25-18(13-32-22)15-8-10-16(24)11-9-15/h3-11,13H,1,12,14H2,2H3,(H,25,26,30). The normalized spacial score (nSPS) is 10.7. The molecular formula is C23H20FN5O2S2. The van der Waals surface area contributed by atoms with Crippen LogP contribution in [0.4, 0.5) is 9.52 Å². The number of carbonyl (C=O) groups is 1. The van der Waals surface area contributed by atoms with Crippen molar-refractivity contribution >= 4 is 34.1 Å². The topological polar surface area (TPSA) is 81.9 Å². The van der Waals surface area contributed by atoms with Crippen molar-refractivity contribution in [2.24, 2.45) is 0 Å². The van der Waals surface area contributed by atoms with Crippen LogP contribution in [0.3, 0.4) is 0 Å². The number of amides is 1. The van der Waals surface area contributed by atoms with E-state index in [9.17, 15) is 9.18 Å². The van der Waals surface area contributed by atoms with Crippen LogP contribution in [0.2, 0.25) is 0 Å². The molecule has 2 heterocycles. The average Bonchev–Trinajstić information content (AvgIpc) is 3.45. The molecule has 0 atom stereocenters. The van der Waals surface area contributed by atoms with Gasteiger partial charge in [0.1, 0.15) is 11.6 Å². The fourth-order valence-corrected chi connectivity index (χ4v) is 4.57. The third-order valence-electron chi connectivity index (χ3n) is 4.60. The Balaban J connectivity index is 1.44. The summed E-state index contributed by atoms with van der Waals surface area (Å²) in [5, 5.41) is 14.3. The summed E-state index contributed by atoms with van der Waals surface area (Å²) in [5.41, 5.74) is 2.26. The number of halogens is 1. The van der Waals surface area contributed by atoms with Gasteiger partial charge in [-0.1, -0.05) is 30.0 Å². The zero-order valence-electron chi connectivity index (χ0n) is 17.7. The number of hydrogen-bond donors (Lipinski definition) is 1. The number of para-hydroxylation sites is 1. The molecule has 0 radical (unpaired) electrons. The molecule has 0 aliphatic rings. The van der Waals surface area contributed by atoms with Crippen molar-refractivity contribution in [3.63, 3.8) is 0 Å². The second-order valence-electron chi connectivity index (χ2n) is 6.79. The van der Waals surface area contributed by atoms with E-state index in [2.05, 4.69) is 27.1 Å². The molecule has 4 aromatic rings. The van der Waals surface area contributed by atoms with Gasteiger partial charge in [0.2, 0.25) is 5.91 Å². The molecular weight excluding hydrogens is 461 g/mol. The largest absolute Gasteiger partial charge is 0.496 e. The van der Waals surface area contributed by atoms with Gasteiger partial charge in [-0.2, -0.15) is 0 Å². The molecule has 7 nitrogen and oxygen atoms in total. The Kier molecular flexibility index (Phi) is 7.16. The summed E-state index contributed by atoms with van der Waals surface area (Å²) >= 11 is 2.58. The predicted octanol–water partition coefficient (Wildman–Crippen LogP) is 5.13. The zero-order valence-corrected chi connectivity index (χ0v) is 19.3. The van der Waals surface area contributed by atoms with Gasteiger partial charge in [-0.3, -0.25) is 9.36 Å². The first kappa shape index (κ1) is 22.7. The summed E-state index contributed by atoms with van der Waals surface area (Å²) in [7, 11) is 1.60. The van der Waals surface area contributed by atoms with Gasteiger partial charge in [0, 0.05) is 17.5 Å². The highest BCUT2D eigenvalue weighted by Crippen LogP contribution is 2.31. The van der Waals surface area contributed by atoms with Gasteiger partial charge in [-0.15, -0.1) is 28.1 Å². The molecule has 168 valence electrons. The predicted molar refractivity (Wildman–Crippen MR) is 129 cm³/mol. The maximum Gasteiger partial charge on any atom is 0.236 e. The van der Waals surface area contributed by atoms with Crippen LogP contribution in [0, 0.1) is 5.82 Å². The number of hydrogen-bond acceptors (Lipinski definition) is 7. The van der Waals surface area contributed by atoms with Crippen molar-refractivity contribution in [2.75, 3.05) is 18.2 Å². The maximum absolute atomic E-state index is 13.1. The van der Waals surface area contributed by atoms with Gasteiger partial charge in [0.15, 0.2) is 16.1 Å². The van der Waals surface area contributed by atoms with Gasteiger partial charge in [-0.05, 0) is 36.4 Å². The lowest BCUT2D eigenvalue weighted by Gasteiger charge is -2.10. The van der Waals surface area contributed by atoms with E-state index in [1.807, 2.05) is 34.2 Å². The lowest BCUT2D eigenvalue weighted by Crippen LogP contribution is -2.14. The molecule has 2 aromatic heterocycles. The first-order valence-electron chi connectivity index (χ1n) is 9.90. The summed E-state index contributed by atoms with van der Waals surface area (Å²) in [6, 6.07) is 13.6. The number of allylic oxidation sites excluding steroid dienone is 1. The van der Waals surface area contributed by atoms with Gasteiger partial charge in [-0.25, -0.2) is 9.37 Å². The van der Waals surface area contributed by atoms with Crippen molar-refractivity contribution in [3.05, 3.63) is 72.4 Å². The quantitative estimate of drug-likeness (QED) is 0.264. The summed E-state index contributed by atoms with van der Waals surface area (Å²) in [6.45, 7) is 4.30. The average molecular weight is 482 g/mol. The van der Waals surface area contributed by atoms with Crippen molar-refractivity contribution in [1.29, 1.82) is 0 Å². The Labute approximate surface area is 198 Å². The van der Waals surface area contributed by atoms with E-state index in [0.717, 1.165) is 11.1 Å². The summed E-state index contributed by atoms with van der Waals surface area (Å²) in [4.78, 5) is 16.9. The lowest BCUT2D eigenvalue weighted by atomic mass is 10.2. The Bertz CT molecular complexity index is 1270. The van der Waals surface area contributed by atoms with Gasteiger partial charge >= 0.3 is 0 Å². The molecule has 2 aromatic carbocycles. The van der Waals surface area contributed by atoms with E-state index in [1.54, 1.807) is 25.3 Å². The molecule has 0 fully saturated rings. The van der Waals surface area contributed by atoms with Crippen molar-refractivity contribution in [2.45, 2.75) is 11.7 Å². The third-order valence-corrected chi connectivity index (χ3v) is 6.32. The van der Waals surface area contributed by atoms with Crippen LogP contribution in [0.5, 0.6) is 5.75 Å². The molecule has 4 rings (SSSR count). The van der Waals surface area contributed by atoms with Gasteiger partial charge < -0.3 is 10.1 Å². The number of methoxy groups -OCH3 is 1. The molecule has 0 unspecified atom stereocenters. The Morgan fingerprint density at radius 3 is 2.79 bits per heavy atom. The van der Waals surface area contributed by atoms with E-state index >= 15 is 0 Å². The van der Waals surface area contributed by atoms with E-state index in [1.165, 1.54) is 35.2 Å². The number of nitrogens with zero attached hydrogens (tertiary/aromatic N) is 4. The summed E-state index contributed by atoms with van der Waals surface area (Å²) in [6.07, 6.45) is 1.75. The van der Waals surface area contributed by atoms with Gasteiger partial charge in [0.05, 0.1) is 24.1 Å². The molecule has 0 aliphatic heterocycles. The zero-order chi connectivity index (χ0) is 23.2. The van der Waals surface area contributed by atoms with E-state index in [-0.39, 0.29) is 17.5 Å². The first-order chi connectivity index (χ1) is 16.1. The second-order valence-corrected chi connectivity index (χ2v) is 8.59. The number of anilines is 1. The van der Waals surface area contributed by atoms with Crippen molar-refractivity contribution in [3.8, 4) is 28.4 Å². The van der Waals surface area contributed by atoms with E-state index < -0.39 is 0 Å². The molecule has 0 aliphatic carbocycles. The van der Waals surface area contributed by atoms with Crippen LogP contribution in [-0.4, -0.2) is 38.5 Å². The van der Waals surface area contributed by atoms with Crippen LogP contribution < -0.4 is 10.1 Å². The SMILES string of the molecule is C=CCn1c(SCC(=O)Nc2nc(-c3ccc(F)cc3)cs2)nnc1-c1ccccc1OC. The minimum absolute atomic E-state index is 0.132. The van der Waals surface area contributed by atoms with Crippen LogP contribution in [0.1, 0.15) is 0 Å². The number of thioether (sulfide) groups is 1. The number of aromatic nitrogens is 4. The smallest absolute Gasteiger partial charge is 0.236 e. The number of ether oxygens (including phenoxy) is 1. The van der Waals surface area contributed by atoms with E-state index in [4.69, 9.17) is 4.74 Å². The third kappa shape index (κ3) is 5.29. The lowest BCUT2D eigenvalue weighted by molar-refractivity contribution is -0.113. The molecule has 1 N–H and O–H groups in total. The summed E-state index contributed by atoms with van der Waals surface area (Å²) < 4.78 is 20.4. The molecule has 0 spiro atoms. The number of thiazole rings is 1. The van der Waals surface area contributed by atoms with Crippen molar-refractivity contribution in [1.82, 2.24) is 19.7 Å². The van der Waals surface area contributed by atoms with Crippen LogP contribution in [0.15, 0.2) is 71.7 Å². The number of rotatable bonds is 9. The molecule has 0 saturated heterocycles. The maximum atomic E-state index is 13.1. The molecule has 0 bridgehead atoms. The molecule has 1 amide bonds. The van der Waals surface area contributed by atoms with Crippen LogP contribution in [0.25, 0.3) is 22.6 Å². The number of carbonyl (C=O) groups excluding carboxylic acids is 1. The van der Waals surface area contributed by atoms with Crippen molar-refractivity contribution < 1.29 is 13.9 Å². The van der Waals surface area contributed by atoms with E-state index in [0.29, 0.717) is 34.1 Å². The molecule has 10 heteroatoms. The Morgan fingerprint density at radius 2 is 2.03 bits per heavy atom. The molecule has 0 saturated carbocycles. The fourth-order valence-electron chi connectivity index (χ4n) is 3.09. The highest BCUT2D eigenvalue weighted by atomic mass is 32.2.